The van der Waals surface area contributed by atoms with Crippen molar-refractivity contribution < 1.29 is 14.3 Å². The van der Waals surface area contributed by atoms with Gasteiger partial charge in [-0.1, -0.05) is 30.3 Å². The number of carbonyl (C=O) groups is 2. The Hall–Kier alpha value is -3.02. The maximum absolute atomic E-state index is 12.2. The highest BCUT2D eigenvalue weighted by Gasteiger charge is 2.24. The van der Waals surface area contributed by atoms with Crippen LogP contribution in [-0.2, 0) is 11.3 Å². The van der Waals surface area contributed by atoms with E-state index in [1.807, 2.05) is 30.3 Å². The molecule has 3 rings (SSSR count). The van der Waals surface area contributed by atoms with Crippen LogP contribution in [0, 0.1) is 5.92 Å². The van der Waals surface area contributed by atoms with Crippen LogP contribution in [-0.4, -0.2) is 36.5 Å². The van der Waals surface area contributed by atoms with Gasteiger partial charge in [-0.3, -0.25) is 4.79 Å². The largest absolute Gasteiger partial charge is 0.445 e. The number of benzene rings is 2. The zero-order valence-electron chi connectivity index (χ0n) is 15.3. The van der Waals surface area contributed by atoms with Gasteiger partial charge in [-0.05, 0) is 48.6 Å². The molecule has 0 aliphatic carbocycles. The first-order chi connectivity index (χ1) is 13.1. The molecule has 0 atom stereocenters. The van der Waals surface area contributed by atoms with Crippen LogP contribution in [0.2, 0.25) is 0 Å². The third-order valence-corrected chi connectivity index (χ3v) is 4.80. The molecule has 2 aromatic carbocycles. The summed E-state index contributed by atoms with van der Waals surface area (Å²) in [7, 11) is 0. The molecule has 0 aromatic heterocycles. The van der Waals surface area contributed by atoms with Gasteiger partial charge in [0.15, 0.2) is 0 Å². The molecule has 27 heavy (non-hydrogen) atoms. The fraction of sp³-hybridized carbons (Fsp3) is 0.333. The summed E-state index contributed by atoms with van der Waals surface area (Å²) in [6, 6.07) is 16.5. The van der Waals surface area contributed by atoms with Crippen LogP contribution < -0.4 is 11.1 Å². The van der Waals surface area contributed by atoms with E-state index in [0.717, 1.165) is 18.4 Å². The summed E-state index contributed by atoms with van der Waals surface area (Å²) < 4.78 is 5.38. The second kappa shape index (κ2) is 9.07. The molecule has 1 aliphatic rings. The van der Waals surface area contributed by atoms with Crippen molar-refractivity contribution in [3.05, 3.63) is 65.7 Å². The maximum atomic E-state index is 12.2. The normalized spacial score (nSPS) is 14.6. The van der Waals surface area contributed by atoms with E-state index in [1.54, 1.807) is 29.2 Å². The molecular formula is C21H25N3O3. The number of nitrogens with zero attached hydrogens (tertiary/aromatic N) is 1. The van der Waals surface area contributed by atoms with Crippen LogP contribution in [0.1, 0.15) is 28.8 Å². The van der Waals surface area contributed by atoms with E-state index in [2.05, 4.69) is 5.32 Å². The smallest absolute Gasteiger partial charge is 0.410 e. The zero-order chi connectivity index (χ0) is 19.1. The lowest BCUT2D eigenvalue weighted by Gasteiger charge is -2.31. The fourth-order valence-electron chi connectivity index (χ4n) is 3.10. The molecule has 0 bridgehead atoms. The van der Waals surface area contributed by atoms with Gasteiger partial charge in [-0.2, -0.15) is 0 Å². The Labute approximate surface area is 159 Å². The molecule has 0 saturated carbocycles. The van der Waals surface area contributed by atoms with Gasteiger partial charge in [0.1, 0.15) is 6.61 Å². The molecule has 0 radical (unpaired) electrons. The molecule has 1 heterocycles. The third-order valence-electron chi connectivity index (χ3n) is 4.80. The van der Waals surface area contributed by atoms with Gasteiger partial charge in [-0.15, -0.1) is 0 Å². The van der Waals surface area contributed by atoms with Gasteiger partial charge < -0.3 is 20.7 Å². The summed E-state index contributed by atoms with van der Waals surface area (Å²) in [5, 5.41) is 2.96. The van der Waals surface area contributed by atoms with Crippen molar-refractivity contribution in [3.63, 3.8) is 0 Å². The third kappa shape index (κ3) is 5.48. The predicted molar refractivity (Wildman–Crippen MR) is 104 cm³/mol. The number of carbonyl (C=O) groups excluding carboxylic acids is 2. The van der Waals surface area contributed by atoms with Crippen LogP contribution >= 0.6 is 0 Å². The number of nitrogens with two attached hydrogens (primary N) is 1. The van der Waals surface area contributed by atoms with Crippen LogP contribution in [0.4, 0.5) is 10.5 Å². The summed E-state index contributed by atoms with van der Waals surface area (Å²) in [4.78, 5) is 26.1. The second-order valence-corrected chi connectivity index (χ2v) is 6.80. The number of piperidine rings is 1. The molecule has 6 heteroatoms. The second-order valence-electron chi connectivity index (χ2n) is 6.80. The number of ether oxygens (including phenoxy) is 1. The lowest BCUT2D eigenvalue weighted by atomic mass is 9.97. The molecule has 2 aromatic rings. The number of nitrogens with one attached hydrogen (secondary N) is 1. The summed E-state index contributed by atoms with van der Waals surface area (Å²) in [6.07, 6.45) is 1.42. The minimum Gasteiger partial charge on any atom is -0.445 e. The first-order valence-electron chi connectivity index (χ1n) is 9.21. The SMILES string of the molecule is Nc1ccc(C(=O)NCC2CCN(C(=O)OCc3ccccc3)CC2)cc1. The highest BCUT2D eigenvalue weighted by Crippen LogP contribution is 2.18. The van der Waals surface area contributed by atoms with E-state index in [1.165, 1.54) is 0 Å². The van der Waals surface area contributed by atoms with Crippen LogP contribution in [0.25, 0.3) is 0 Å². The van der Waals surface area contributed by atoms with Crippen molar-refractivity contribution in [2.75, 3.05) is 25.4 Å². The van der Waals surface area contributed by atoms with Gasteiger partial charge >= 0.3 is 6.09 Å². The van der Waals surface area contributed by atoms with Gasteiger partial charge in [0.05, 0.1) is 0 Å². The molecule has 1 aliphatic heterocycles. The lowest BCUT2D eigenvalue weighted by molar-refractivity contribution is 0.0801. The number of hydrogen-bond acceptors (Lipinski definition) is 4. The van der Waals surface area contributed by atoms with Crippen molar-refractivity contribution in [1.82, 2.24) is 10.2 Å². The minimum atomic E-state index is -0.275. The topological polar surface area (TPSA) is 84.7 Å². The average Bonchev–Trinajstić information content (AvgIpc) is 2.72. The average molecular weight is 367 g/mol. The van der Waals surface area contributed by atoms with Crippen LogP contribution in [0.3, 0.4) is 0 Å². The number of likely N-dealkylation sites (tertiary alicyclic amines) is 1. The van der Waals surface area contributed by atoms with E-state index >= 15 is 0 Å². The maximum Gasteiger partial charge on any atom is 0.410 e. The van der Waals surface area contributed by atoms with Crippen LogP contribution in [0.5, 0.6) is 0 Å². The van der Waals surface area contributed by atoms with Crippen molar-refractivity contribution >= 4 is 17.7 Å². The minimum absolute atomic E-state index is 0.0975. The van der Waals surface area contributed by atoms with E-state index < -0.39 is 0 Å². The standard InChI is InChI=1S/C21H25N3O3/c22-19-8-6-18(7-9-19)20(25)23-14-16-10-12-24(13-11-16)21(26)27-15-17-4-2-1-3-5-17/h1-9,16H,10-15,22H2,(H,23,25). The molecule has 3 N–H and O–H groups in total. The highest BCUT2D eigenvalue weighted by molar-refractivity contribution is 5.94. The van der Waals surface area contributed by atoms with Crippen molar-refractivity contribution in [3.8, 4) is 0 Å². The molecular weight excluding hydrogens is 342 g/mol. The Morgan fingerprint density at radius 1 is 1.04 bits per heavy atom. The van der Waals surface area contributed by atoms with E-state index in [9.17, 15) is 9.59 Å². The Kier molecular flexibility index (Phi) is 6.30. The molecule has 0 unspecified atom stereocenters. The molecule has 2 amide bonds. The zero-order valence-corrected chi connectivity index (χ0v) is 15.3. The van der Waals surface area contributed by atoms with Crippen molar-refractivity contribution in [2.24, 2.45) is 5.92 Å². The molecule has 1 saturated heterocycles. The number of anilines is 1. The summed E-state index contributed by atoms with van der Waals surface area (Å²) in [6.45, 7) is 2.19. The number of rotatable bonds is 5. The molecule has 6 nitrogen and oxygen atoms in total. The van der Waals surface area contributed by atoms with E-state index in [0.29, 0.717) is 36.8 Å². The van der Waals surface area contributed by atoms with Gasteiger partial charge in [0, 0.05) is 30.9 Å². The van der Waals surface area contributed by atoms with Crippen molar-refractivity contribution in [2.45, 2.75) is 19.4 Å². The number of amides is 2. The first kappa shape index (κ1) is 18.8. The number of nitrogen functional groups attached to an aromatic ring is 1. The summed E-state index contributed by atoms with van der Waals surface area (Å²) in [5.41, 5.74) is 7.85. The Morgan fingerprint density at radius 3 is 2.37 bits per heavy atom. The first-order valence-corrected chi connectivity index (χ1v) is 9.21. The van der Waals surface area contributed by atoms with Gasteiger partial charge in [0.2, 0.25) is 0 Å². The van der Waals surface area contributed by atoms with Gasteiger partial charge in [0.25, 0.3) is 5.91 Å². The molecule has 1 fully saturated rings. The number of hydrogen-bond donors (Lipinski definition) is 2. The predicted octanol–water partition coefficient (Wildman–Crippen LogP) is 3.05. The Morgan fingerprint density at radius 2 is 1.70 bits per heavy atom. The molecule has 0 spiro atoms. The fourth-order valence-corrected chi connectivity index (χ4v) is 3.10. The Balaban J connectivity index is 1.37. The van der Waals surface area contributed by atoms with Crippen molar-refractivity contribution in [1.29, 1.82) is 0 Å². The molecule has 142 valence electrons. The van der Waals surface area contributed by atoms with E-state index in [-0.39, 0.29) is 18.6 Å². The Bertz CT molecular complexity index is 754. The highest BCUT2D eigenvalue weighted by atomic mass is 16.6. The van der Waals surface area contributed by atoms with Gasteiger partial charge in [-0.25, -0.2) is 4.79 Å². The lowest BCUT2D eigenvalue weighted by Crippen LogP contribution is -2.41. The summed E-state index contributed by atoms with van der Waals surface area (Å²) >= 11 is 0. The quantitative estimate of drug-likeness (QED) is 0.796. The summed E-state index contributed by atoms with van der Waals surface area (Å²) in [5.74, 6) is 0.264. The van der Waals surface area contributed by atoms with Crippen LogP contribution in [0.15, 0.2) is 54.6 Å². The monoisotopic (exact) mass is 367 g/mol. The van der Waals surface area contributed by atoms with E-state index in [4.69, 9.17) is 10.5 Å².